The topological polar surface area (TPSA) is 81.7 Å². The number of aromatic nitrogens is 3. The summed E-state index contributed by atoms with van der Waals surface area (Å²) in [7, 11) is 2.85. The number of carbonyl (C=O) groups excluding carboxylic acids is 1. The lowest BCUT2D eigenvalue weighted by atomic mass is 10.3. The van der Waals surface area contributed by atoms with Gasteiger partial charge in [-0.15, -0.1) is 5.10 Å². The first-order valence-corrected chi connectivity index (χ1v) is 6.51. The third-order valence-corrected chi connectivity index (χ3v) is 3.38. The van der Waals surface area contributed by atoms with Crippen molar-refractivity contribution in [3.63, 3.8) is 0 Å². The van der Waals surface area contributed by atoms with Gasteiger partial charge in [0.15, 0.2) is 6.04 Å². The minimum absolute atomic E-state index is 0.386. The Morgan fingerprint density at radius 2 is 2.37 bits per heavy atom. The molecule has 0 amide bonds. The molecule has 0 N–H and O–H groups in total. The van der Waals surface area contributed by atoms with Crippen LogP contribution in [0.15, 0.2) is 34.4 Å². The molecule has 2 rings (SSSR count). The summed E-state index contributed by atoms with van der Waals surface area (Å²) in [6, 6.07) is 6.96. The predicted octanol–water partition coefficient (Wildman–Crippen LogP) is 0.469. The lowest BCUT2D eigenvalue weighted by molar-refractivity contribution is -0.141. The van der Waals surface area contributed by atoms with Gasteiger partial charge >= 0.3 is 5.97 Å². The summed E-state index contributed by atoms with van der Waals surface area (Å²) in [5, 5.41) is 15.5. The monoisotopic (exact) mass is 277 g/mol. The number of para-hydroxylation sites is 1. The molecule has 0 aliphatic heterocycles. The normalized spacial score (nSPS) is 12.9. The number of hydrogen-bond donors (Lipinski definition) is 0. The fourth-order valence-electron chi connectivity index (χ4n) is 1.51. The Balaban J connectivity index is 2.10. The van der Waals surface area contributed by atoms with E-state index in [0.29, 0.717) is 5.75 Å². The second-order valence-electron chi connectivity index (χ2n) is 3.60. The molecule has 0 radical (unpaired) electrons. The van der Waals surface area contributed by atoms with Crippen LogP contribution in [-0.2, 0) is 9.53 Å². The summed E-state index contributed by atoms with van der Waals surface area (Å²) in [6.07, 6.45) is 0. The van der Waals surface area contributed by atoms with E-state index in [1.807, 2.05) is 24.3 Å². The number of hydrogen-bond acceptors (Lipinski definition) is 7. The molecule has 1 aromatic carbocycles. The molecular formula is C10H12BN5O2S. The highest BCUT2D eigenvalue weighted by Gasteiger charge is 2.19. The Bertz CT molecular complexity index is 602. The molecule has 0 aliphatic rings. The molecule has 0 saturated carbocycles. The molecule has 0 bridgehead atoms. The summed E-state index contributed by atoms with van der Waals surface area (Å²) < 4.78 is 6.33. The van der Waals surface area contributed by atoms with Gasteiger partial charge in [0.25, 0.3) is 7.98 Å². The first-order chi connectivity index (χ1) is 9.26. The zero-order chi connectivity index (χ0) is 13.7. The number of ether oxygens (including phenoxy) is 1. The van der Waals surface area contributed by atoms with Gasteiger partial charge in [-0.2, -0.15) is 9.20 Å². The van der Waals surface area contributed by atoms with E-state index in [1.165, 1.54) is 27.0 Å². The Labute approximate surface area is 115 Å². The van der Waals surface area contributed by atoms with Crippen molar-refractivity contribution < 1.29 is 9.53 Å². The van der Waals surface area contributed by atoms with Crippen LogP contribution in [-0.4, -0.2) is 47.3 Å². The smallest absolute Gasteiger partial charge is 0.333 e. The van der Waals surface area contributed by atoms with Crippen molar-refractivity contribution >= 4 is 36.9 Å². The van der Waals surface area contributed by atoms with E-state index in [1.54, 1.807) is 4.09 Å². The maximum atomic E-state index is 11.5. The summed E-state index contributed by atoms with van der Waals surface area (Å²) in [5.74, 6) is -0.0281. The minimum atomic E-state index is -0.636. The average molecular weight is 277 g/mol. The first-order valence-electron chi connectivity index (χ1n) is 5.56. The van der Waals surface area contributed by atoms with Crippen molar-refractivity contribution in [1.82, 2.24) is 14.4 Å². The van der Waals surface area contributed by atoms with Gasteiger partial charge in [-0.05, 0) is 24.1 Å². The number of carbonyl (C=O) groups is 1. The SMILES string of the molecule is BN=NC(CSn1nnc2ccccc21)C(=O)OC. The quantitative estimate of drug-likeness (QED) is 0.451. The van der Waals surface area contributed by atoms with Crippen molar-refractivity contribution in [3.8, 4) is 0 Å². The van der Waals surface area contributed by atoms with Crippen molar-refractivity contribution in [2.45, 2.75) is 6.04 Å². The molecule has 1 unspecified atom stereocenters. The molecule has 7 nitrogen and oxygen atoms in total. The second kappa shape index (κ2) is 6.32. The van der Waals surface area contributed by atoms with Crippen molar-refractivity contribution in [2.75, 3.05) is 12.9 Å². The molecule has 1 atom stereocenters. The zero-order valence-electron chi connectivity index (χ0n) is 10.6. The summed E-state index contributed by atoms with van der Waals surface area (Å²) in [6.45, 7) is 0. The van der Waals surface area contributed by atoms with Crippen LogP contribution >= 0.6 is 11.9 Å². The fourth-order valence-corrected chi connectivity index (χ4v) is 2.37. The van der Waals surface area contributed by atoms with E-state index in [2.05, 4.69) is 25.2 Å². The first kappa shape index (κ1) is 13.5. The van der Waals surface area contributed by atoms with Crippen LogP contribution in [0.1, 0.15) is 0 Å². The van der Waals surface area contributed by atoms with Crippen molar-refractivity contribution in [2.24, 2.45) is 10.1 Å². The largest absolute Gasteiger partial charge is 0.467 e. The number of fused-ring (bicyclic) bond motifs is 1. The second-order valence-corrected chi connectivity index (χ2v) is 4.54. The van der Waals surface area contributed by atoms with Crippen LogP contribution in [0.3, 0.4) is 0 Å². The van der Waals surface area contributed by atoms with Crippen LogP contribution in [0.4, 0.5) is 0 Å². The van der Waals surface area contributed by atoms with Crippen molar-refractivity contribution in [3.05, 3.63) is 24.3 Å². The van der Waals surface area contributed by atoms with Crippen LogP contribution in [0, 0.1) is 0 Å². The third kappa shape index (κ3) is 3.11. The number of benzene rings is 1. The Kier molecular flexibility index (Phi) is 4.50. The van der Waals surface area contributed by atoms with Gasteiger partial charge in [0.05, 0.1) is 12.9 Å². The summed E-state index contributed by atoms with van der Waals surface area (Å²) in [5.41, 5.74) is 1.70. The summed E-state index contributed by atoms with van der Waals surface area (Å²) >= 11 is 1.34. The van der Waals surface area contributed by atoms with E-state index in [4.69, 9.17) is 0 Å². The molecule has 0 spiro atoms. The van der Waals surface area contributed by atoms with Crippen LogP contribution in [0.2, 0.25) is 0 Å². The molecule has 0 fully saturated rings. The van der Waals surface area contributed by atoms with E-state index in [9.17, 15) is 4.79 Å². The summed E-state index contributed by atoms with van der Waals surface area (Å²) in [4.78, 5) is 11.5. The number of methoxy groups -OCH3 is 1. The van der Waals surface area contributed by atoms with Crippen LogP contribution in [0.25, 0.3) is 11.0 Å². The zero-order valence-corrected chi connectivity index (χ0v) is 11.4. The van der Waals surface area contributed by atoms with Gasteiger partial charge in [-0.1, -0.05) is 17.3 Å². The van der Waals surface area contributed by atoms with Crippen LogP contribution in [0.5, 0.6) is 0 Å². The molecule has 19 heavy (non-hydrogen) atoms. The molecule has 9 heteroatoms. The molecule has 98 valence electrons. The average Bonchev–Trinajstić information content (AvgIpc) is 2.86. The molecule has 1 heterocycles. The van der Waals surface area contributed by atoms with Gasteiger partial charge < -0.3 is 4.74 Å². The van der Waals surface area contributed by atoms with E-state index in [0.717, 1.165) is 11.0 Å². The fraction of sp³-hybridized carbons (Fsp3) is 0.300. The predicted molar refractivity (Wildman–Crippen MR) is 74.6 cm³/mol. The lowest BCUT2D eigenvalue weighted by Crippen LogP contribution is -2.23. The van der Waals surface area contributed by atoms with E-state index < -0.39 is 12.0 Å². The Morgan fingerprint density at radius 1 is 1.58 bits per heavy atom. The molecule has 2 aromatic rings. The van der Waals surface area contributed by atoms with E-state index in [-0.39, 0.29) is 0 Å². The van der Waals surface area contributed by atoms with Crippen molar-refractivity contribution in [1.29, 1.82) is 0 Å². The highest BCUT2D eigenvalue weighted by Crippen LogP contribution is 2.17. The van der Waals surface area contributed by atoms with Gasteiger partial charge in [0.1, 0.15) is 11.0 Å². The van der Waals surface area contributed by atoms with Gasteiger partial charge in [0, 0.05) is 0 Å². The van der Waals surface area contributed by atoms with Gasteiger partial charge in [-0.3, -0.25) is 5.03 Å². The number of nitrogens with zero attached hydrogens (tertiary/aromatic N) is 5. The Hall–Kier alpha value is -1.90. The lowest BCUT2D eigenvalue weighted by Gasteiger charge is -2.08. The molecule has 0 aliphatic carbocycles. The van der Waals surface area contributed by atoms with E-state index >= 15 is 0 Å². The standard InChI is InChI=1S/C10H12BN5O2S/c1-18-10(17)8(12-14-11)6-19-16-9-5-3-2-4-7(9)13-15-16/h2-5,8H,6,11H2,1H3. The number of esters is 1. The maximum absolute atomic E-state index is 11.5. The Morgan fingerprint density at radius 3 is 3.11 bits per heavy atom. The third-order valence-electron chi connectivity index (χ3n) is 2.40. The highest BCUT2D eigenvalue weighted by atomic mass is 32.2. The molecule has 0 saturated heterocycles. The molecular weight excluding hydrogens is 265 g/mol. The highest BCUT2D eigenvalue weighted by molar-refractivity contribution is 7.97. The van der Waals surface area contributed by atoms with Gasteiger partial charge in [0.2, 0.25) is 0 Å². The number of rotatable bonds is 5. The minimum Gasteiger partial charge on any atom is -0.467 e. The van der Waals surface area contributed by atoms with Crippen LogP contribution < -0.4 is 0 Å². The maximum Gasteiger partial charge on any atom is 0.333 e. The molecule has 1 aromatic heterocycles. The van der Waals surface area contributed by atoms with Gasteiger partial charge in [-0.25, -0.2) is 4.79 Å².